The monoisotopic (exact) mass is 348 g/mol. The van der Waals surface area contributed by atoms with Crippen LogP contribution in [0.15, 0.2) is 23.8 Å². The molecule has 24 heavy (non-hydrogen) atoms. The van der Waals surface area contributed by atoms with E-state index in [1.54, 1.807) is 17.5 Å². The lowest BCUT2D eigenvalue weighted by molar-refractivity contribution is 0.132. The van der Waals surface area contributed by atoms with Crippen molar-refractivity contribution in [3.63, 3.8) is 0 Å². The van der Waals surface area contributed by atoms with Crippen LogP contribution >= 0.6 is 11.3 Å². The highest BCUT2D eigenvalue weighted by atomic mass is 32.1. The summed E-state index contributed by atoms with van der Waals surface area (Å²) in [6.07, 6.45) is 3.65. The molecule has 1 saturated heterocycles. The molecule has 1 atom stereocenters. The van der Waals surface area contributed by atoms with E-state index in [9.17, 15) is 4.79 Å². The number of thiazole rings is 1. The summed E-state index contributed by atoms with van der Waals surface area (Å²) in [7, 11) is 0. The number of nitrogens with one attached hydrogen (secondary N) is 1. The average Bonchev–Trinajstić information content (AvgIpc) is 3.20. The molecule has 2 aromatic heterocycles. The Morgan fingerprint density at radius 3 is 2.79 bits per heavy atom. The van der Waals surface area contributed by atoms with Gasteiger partial charge in [0.05, 0.1) is 17.2 Å². The minimum absolute atomic E-state index is 0.0128. The zero-order valence-electron chi connectivity index (χ0n) is 14.2. The number of rotatable bonds is 5. The molecular formula is C16H24N6OS. The number of piperazine rings is 1. The van der Waals surface area contributed by atoms with Crippen LogP contribution in [0.25, 0.3) is 0 Å². The number of carbonyl (C=O) groups excluding carboxylic acids is 1. The third kappa shape index (κ3) is 4.55. The van der Waals surface area contributed by atoms with Crippen molar-refractivity contribution in [2.45, 2.75) is 33.0 Å². The molecule has 7 nitrogen and oxygen atoms in total. The molecule has 0 aromatic carbocycles. The number of hydrogen-bond acceptors (Lipinski definition) is 5. The maximum Gasteiger partial charge on any atom is 0.317 e. The Kier molecular flexibility index (Phi) is 5.47. The van der Waals surface area contributed by atoms with Crippen LogP contribution in [0, 0.1) is 6.92 Å². The van der Waals surface area contributed by atoms with Gasteiger partial charge in [-0.2, -0.15) is 5.10 Å². The lowest BCUT2D eigenvalue weighted by atomic mass is 10.3. The predicted molar refractivity (Wildman–Crippen MR) is 93.9 cm³/mol. The van der Waals surface area contributed by atoms with Gasteiger partial charge >= 0.3 is 6.03 Å². The van der Waals surface area contributed by atoms with E-state index in [1.807, 2.05) is 35.7 Å². The van der Waals surface area contributed by atoms with Crippen LogP contribution in [0.1, 0.15) is 17.6 Å². The van der Waals surface area contributed by atoms with Gasteiger partial charge < -0.3 is 10.2 Å². The highest BCUT2D eigenvalue weighted by Crippen LogP contribution is 2.12. The topological polar surface area (TPSA) is 66.3 Å². The first kappa shape index (κ1) is 16.9. The number of carbonyl (C=O) groups is 1. The van der Waals surface area contributed by atoms with Gasteiger partial charge in [0.2, 0.25) is 0 Å². The molecule has 130 valence electrons. The number of aryl methyl sites for hydroxylation is 1. The molecule has 1 aliphatic heterocycles. The van der Waals surface area contributed by atoms with Crippen molar-refractivity contribution in [1.82, 2.24) is 29.9 Å². The molecule has 2 amide bonds. The van der Waals surface area contributed by atoms with Gasteiger partial charge in [-0.25, -0.2) is 9.78 Å². The average molecular weight is 348 g/mol. The molecule has 0 spiro atoms. The molecule has 0 saturated carbocycles. The van der Waals surface area contributed by atoms with Crippen molar-refractivity contribution in [2.24, 2.45) is 0 Å². The molecule has 2 aromatic rings. The van der Waals surface area contributed by atoms with Crippen molar-refractivity contribution in [2.75, 3.05) is 26.2 Å². The molecular weight excluding hydrogens is 324 g/mol. The van der Waals surface area contributed by atoms with Crippen LogP contribution in [0.4, 0.5) is 4.79 Å². The van der Waals surface area contributed by atoms with Gasteiger partial charge in [0.1, 0.15) is 0 Å². The molecule has 0 bridgehead atoms. The first-order valence-corrected chi connectivity index (χ1v) is 9.14. The first-order valence-electron chi connectivity index (χ1n) is 8.26. The van der Waals surface area contributed by atoms with E-state index in [0.29, 0.717) is 6.54 Å². The second kappa shape index (κ2) is 7.76. The Balaban J connectivity index is 1.41. The normalized spacial score (nSPS) is 17.0. The molecule has 1 aliphatic rings. The second-order valence-corrected chi connectivity index (χ2v) is 7.26. The van der Waals surface area contributed by atoms with E-state index < -0.39 is 0 Å². The molecule has 1 N–H and O–H groups in total. The van der Waals surface area contributed by atoms with Gasteiger partial charge in [-0.3, -0.25) is 9.58 Å². The summed E-state index contributed by atoms with van der Waals surface area (Å²) in [6, 6.07) is 1.95. The maximum absolute atomic E-state index is 12.4. The molecule has 3 rings (SSSR count). The lowest BCUT2D eigenvalue weighted by Crippen LogP contribution is -2.53. The van der Waals surface area contributed by atoms with Gasteiger partial charge in [0.15, 0.2) is 0 Å². The summed E-state index contributed by atoms with van der Waals surface area (Å²) in [6.45, 7) is 8.86. The van der Waals surface area contributed by atoms with Crippen molar-refractivity contribution in [1.29, 1.82) is 0 Å². The third-order valence-corrected chi connectivity index (χ3v) is 4.92. The van der Waals surface area contributed by atoms with E-state index in [-0.39, 0.29) is 12.1 Å². The van der Waals surface area contributed by atoms with Crippen LogP contribution in [-0.2, 0) is 13.1 Å². The minimum Gasteiger partial charge on any atom is -0.334 e. The molecule has 1 fully saturated rings. The summed E-state index contributed by atoms with van der Waals surface area (Å²) in [5.41, 5.74) is 1.13. The summed E-state index contributed by atoms with van der Waals surface area (Å²) < 4.78 is 1.83. The van der Waals surface area contributed by atoms with Crippen molar-refractivity contribution in [3.8, 4) is 0 Å². The predicted octanol–water partition coefficient (Wildman–Crippen LogP) is 1.56. The number of hydrogen-bond donors (Lipinski definition) is 1. The fraction of sp³-hybridized carbons (Fsp3) is 0.562. The molecule has 8 heteroatoms. The minimum atomic E-state index is 0.0128. The van der Waals surface area contributed by atoms with E-state index in [0.717, 1.165) is 43.4 Å². The number of nitrogens with zero attached hydrogens (tertiary/aromatic N) is 5. The van der Waals surface area contributed by atoms with Gasteiger partial charge in [-0.15, -0.1) is 11.3 Å². The lowest BCUT2D eigenvalue weighted by Gasteiger charge is -2.35. The highest BCUT2D eigenvalue weighted by Gasteiger charge is 2.22. The number of amides is 2. The zero-order valence-corrected chi connectivity index (χ0v) is 15.0. The van der Waals surface area contributed by atoms with E-state index in [4.69, 9.17) is 0 Å². The van der Waals surface area contributed by atoms with Crippen LogP contribution in [-0.4, -0.2) is 62.8 Å². The van der Waals surface area contributed by atoms with Gasteiger partial charge in [0.25, 0.3) is 0 Å². The Bertz CT molecular complexity index is 647. The molecule has 3 heterocycles. The standard InChI is InChI=1S/C16H24N6OS/c1-13(10-22-5-3-4-17-22)18-16(23)21-8-6-20(7-9-21)11-15-12-24-14(2)19-15/h3-5,12-13H,6-11H2,1-2H3,(H,18,23)/t13-/m0/s1. The van der Waals surface area contributed by atoms with E-state index in [2.05, 4.69) is 25.7 Å². The first-order chi connectivity index (χ1) is 11.6. The number of urea groups is 1. The Hall–Kier alpha value is -1.93. The van der Waals surface area contributed by atoms with Gasteiger partial charge in [0, 0.05) is 56.5 Å². The van der Waals surface area contributed by atoms with Gasteiger partial charge in [-0.05, 0) is 19.9 Å². The van der Waals surface area contributed by atoms with Crippen molar-refractivity contribution >= 4 is 17.4 Å². The third-order valence-electron chi connectivity index (χ3n) is 4.10. The largest absolute Gasteiger partial charge is 0.334 e. The molecule has 0 aliphatic carbocycles. The van der Waals surface area contributed by atoms with Crippen LogP contribution in [0.2, 0.25) is 0 Å². The second-order valence-electron chi connectivity index (χ2n) is 6.20. The van der Waals surface area contributed by atoms with E-state index in [1.165, 1.54) is 0 Å². The van der Waals surface area contributed by atoms with E-state index >= 15 is 0 Å². The highest BCUT2D eigenvalue weighted by molar-refractivity contribution is 7.09. The van der Waals surface area contributed by atoms with Crippen LogP contribution in [0.3, 0.4) is 0 Å². The Morgan fingerprint density at radius 2 is 2.17 bits per heavy atom. The SMILES string of the molecule is Cc1nc(CN2CCN(C(=O)N[C@@H](C)Cn3cccn3)CC2)cs1. The fourth-order valence-electron chi connectivity index (χ4n) is 2.86. The summed E-state index contributed by atoms with van der Waals surface area (Å²) in [5.74, 6) is 0. The van der Waals surface area contributed by atoms with Crippen molar-refractivity contribution in [3.05, 3.63) is 34.5 Å². The summed E-state index contributed by atoms with van der Waals surface area (Å²) in [5, 5.41) is 10.4. The quantitative estimate of drug-likeness (QED) is 0.891. The van der Waals surface area contributed by atoms with Gasteiger partial charge in [-0.1, -0.05) is 0 Å². The smallest absolute Gasteiger partial charge is 0.317 e. The summed E-state index contributed by atoms with van der Waals surface area (Å²) >= 11 is 1.69. The Morgan fingerprint density at radius 1 is 1.38 bits per heavy atom. The molecule has 0 unspecified atom stereocenters. The maximum atomic E-state index is 12.4. The van der Waals surface area contributed by atoms with Crippen molar-refractivity contribution < 1.29 is 4.79 Å². The Labute approximate surface area is 146 Å². The van der Waals surface area contributed by atoms with Crippen LogP contribution < -0.4 is 5.32 Å². The summed E-state index contributed by atoms with van der Waals surface area (Å²) in [4.78, 5) is 21.1. The number of aromatic nitrogens is 3. The molecule has 0 radical (unpaired) electrons. The fourth-order valence-corrected chi connectivity index (χ4v) is 3.46. The van der Waals surface area contributed by atoms with Crippen LogP contribution in [0.5, 0.6) is 0 Å². The zero-order chi connectivity index (χ0) is 16.9.